The van der Waals surface area contributed by atoms with Crippen LogP contribution in [0.4, 0.5) is 0 Å². The van der Waals surface area contributed by atoms with Gasteiger partial charge in [0, 0.05) is 11.1 Å². The van der Waals surface area contributed by atoms with E-state index in [1.165, 1.54) is 0 Å². The molecule has 0 fully saturated rings. The summed E-state index contributed by atoms with van der Waals surface area (Å²) in [6.07, 6.45) is 1.57. The normalized spacial score (nSPS) is 10.6. The number of hydrogen-bond donors (Lipinski definition) is 0. The Kier molecular flexibility index (Phi) is 5.78. The highest BCUT2D eigenvalue weighted by Crippen LogP contribution is 2.25. The molecule has 2 aromatic carbocycles. The molecule has 0 atom stereocenters. The fourth-order valence-corrected chi connectivity index (χ4v) is 3.69. The molecule has 0 N–H and O–H groups in total. The third-order valence-corrected chi connectivity index (χ3v) is 4.96. The van der Waals surface area contributed by atoms with Crippen molar-refractivity contribution >= 4 is 22.0 Å². The zero-order valence-corrected chi connectivity index (χ0v) is 14.9. The van der Waals surface area contributed by atoms with Crippen LogP contribution in [0.25, 0.3) is 0 Å². The highest BCUT2D eigenvalue weighted by atomic mass is 32.2. The highest BCUT2D eigenvalue weighted by Gasteiger charge is 2.20. The van der Waals surface area contributed by atoms with Gasteiger partial charge in [-0.05, 0) is 60.7 Å². The lowest BCUT2D eigenvalue weighted by Crippen LogP contribution is -2.07. The Morgan fingerprint density at radius 1 is 0.783 bits per heavy atom. The van der Waals surface area contributed by atoms with E-state index in [2.05, 4.69) is 0 Å². The van der Waals surface area contributed by atoms with Crippen molar-refractivity contribution < 1.29 is 9.59 Å². The molecule has 23 heavy (non-hydrogen) atoms. The molecule has 0 saturated heterocycles. The van der Waals surface area contributed by atoms with Crippen LogP contribution in [0.2, 0.25) is 0 Å². The second kappa shape index (κ2) is 7.60. The van der Waals surface area contributed by atoms with Crippen molar-refractivity contribution in [1.82, 2.24) is 0 Å². The molecular weight excluding hydrogens is 304 g/mol. The number of thioether (sulfide) groups is 1. The van der Waals surface area contributed by atoms with Crippen LogP contribution < -0.4 is 0 Å². The monoisotopic (exact) mass is 326 g/mol. The van der Waals surface area contributed by atoms with Gasteiger partial charge < -0.3 is 0 Å². The van der Waals surface area contributed by atoms with Crippen molar-refractivity contribution in [3.05, 3.63) is 69.8 Å². The Bertz CT molecular complexity index is 684. The molecule has 0 aromatic heterocycles. The predicted octanol–water partition coefficient (Wildman–Crippen LogP) is 5.14. The van der Waals surface area contributed by atoms with Crippen molar-refractivity contribution in [3.63, 3.8) is 0 Å². The molecule has 0 aliphatic rings. The largest absolute Gasteiger partial charge is 0.281 e. The van der Waals surface area contributed by atoms with Gasteiger partial charge in [-0.15, -0.1) is 0 Å². The molecule has 0 aliphatic heterocycles. The summed E-state index contributed by atoms with van der Waals surface area (Å²) in [4.78, 5) is 25.2. The molecule has 0 bridgehead atoms. The lowest BCUT2D eigenvalue weighted by Gasteiger charge is -2.11. The number of carbonyl (C=O) groups excluding carboxylic acids is 2. The number of benzene rings is 2. The van der Waals surface area contributed by atoms with E-state index < -0.39 is 0 Å². The molecule has 2 aromatic rings. The van der Waals surface area contributed by atoms with E-state index in [0.29, 0.717) is 11.1 Å². The molecule has 0 unspecified atom stereocenters. The minimum Gasteiger partial charge on any atom is -0.281 e. The summed E-state index contributed by atoms with van der Waals surface area (Å²) in [7, 11) is 0. The fraction of sp³-hybridized carbons (Fsp3) is 0.300. The van der Waals surface area contributed by atoms with Crippen molar-refractivity contribution in [2.45, 2.75) is 40.5 Å². The van der Waals surface area contributed by atoms with Gasteiger partial charge in [-0.2, -0.15) is 0 Å². The molecule has 0 saturated carbocycles. The quantitative estimate of drug-likeness (QED) is 0.780. The smallest absolute Gasteiger partial charge is 0.227 e. The maximum absolute atomic E-state index is 12.6. The molecule has 120 valence electrons. The van der Waals surface area contributed by atoms with Crippen molar-refractivity contribution in [2.75, 3.05) is 0 Å². The van der Waals surface area contributed by atoms with E-state index in [9.17, 15) is 9.59 Å². The van der Waals surface area contributed by atoms with E-state index >= 15 is 0 Å². The molecular formula is C20H22O2S. The average molecular weight is 326 g/mol. The van der Waals surface area contributed by atoms with Crippen LogP contribution in [-0.4, -0.2) is 10.2 Å². The van der Waals surface area contributed by atoms with Gasteiger partial charge in [0.15, 0.2) is 0 Å². The van der Waals surface area contributed by atoms with Gasteiger partial charge in [0.1, 0.15) is 0 Å². The fourth-order valence-electron chi connectivity index (χ4n) is 2.92. The standard InChI is InChI=1S/C20H22O2S/c1-5-15-13(3)9-7-11-17(15)19(21)23-20(22)18-12-8-10-14(4)16(18)6-2/h7-12H,5-6H2,1-4H3. The maximum Gasteiger partial charge on any atom is 0.227 e. The van der Waals surface area contributed by atoms with Crippen LogP contribution in [-0.2, 0) is 12.8 Å². The van der Waals surface area contributed by atoms with E-state index in [4.69, 9.17) is 0 Å². The van der Waals surface area contributed by atoms with Gasteiger partial charge in [0.2, 0.25) is 10.2 Å². The van der Waals surface area contributed by atoms with Crippen LogP contribution in [0.1, 0.15) is 56.8 Å². The predicted molar refractivity (Wildman–Crippen MR) is 97.4 cm³/mol. The topological polar surface area (TPSA) is 34.1 Å². The Morgan fingerprint density at radius 3 is 1.52 bits per heavy atom. The summed E-state index contributed by atoms with van der Waals surface area (Å²) in [5, 5.41) is -0.335. The van der Waals surface area contributed by atoms with Crippen LogP contribution in [0, 0.1) is 13.8 Å². The first-order valence-electron chi connectivity index (χ1n) is 7.93. The Hall–Kier alpha value is -1.87. The van der Waals surface area contributed by atoms with Crippen LogP contribution in [0.15, 0.2) is 36.4 Å². The molecule has 0 aliphatic carbocycles. The zero-order chi connectivity index (χ0) is 17.0. The van der Waals surface area contributed by atoms with Gasteiger partial charge in [-0.1, -0.05) is 50.2 Å². The number of hydrogen-bond acceptors (Lipinski definition) is 3. The summed E-state index contributed by atoms with van der Waals surface area (Å²) in [6, 6.07) is 11.4. The first-order chi connectivity index (χ1) is 11.0. The van der Waals surface area contributed by atoms with E-state index in [1.807, 2.05) is 64.1 Å². The SMILES string of the molecule is CCc1c(C)cccc1C(=O)SC(=O)c1cccc(C)c1CC. The molecule has 0 heterocycles. The summed E-state index contributed by atoms with van der Waals surface area (Å²) < 4.78 is 0. The van der Waals surface area contributed by atoms with Crippen molar-refractivity contribution in [1.29, 1.82) is 0 Å². The first-order valence-corrected chi connectivity index (χ1v) is 8.74. The zero-order valence-electron chi connectivity index (χ0n) is 14.1. The third kappa shape index (κ3) is 3.73. The van der Waals surface area contributed by atoms with Gasteiger partial charge in [0.25, 0.3) is 0 Å². The average Bonchev–Trinajstić information content (AvgIpc) is 2.54. The molecule has 2 nitrogen and oxygen atoms in total. The summed E-state index contributed by atoms with van der Waals surface area (Å²) in [5.41, 5.74) is 5.54. The molecule has 0 spiro atoms. The lowest BCUT2D eigenvalue weighted by atomic mass is 10.0. The lowest BCUT2D eigenvalue weighted by molar-refractivity contribution is 0.106. The van der Waals surface area contributed by atoms with Gasteiger partial charge in [0.05, 0.1) is 0 Å². The van der Waals surface area contributed by atoms with Gasteiger partial charge in [-0.25, -0.2) is 0 Å². The number of carbonyl (C=O) groups is 2. The summed E-state index contributed by atoms with van der Waals surface area (Å²) in [5.74, 6) is 0. The van der Waals surface area contributed by atoms with E-state index in [0.717, 1.165) is 46.9 Å². The van der Waals surface area contributed by atoms with Crippen LogP contribution in [0.5, 0.6) is 0 Å². The minimum atomic E-state index is -0.167. The number of aryl methyl sites for hydroxylation is 2. The van der Waals surface area contributed by atoms with Crippen molar-refractivity contribution in [3.8, 4) is 0 Å². The van der Waals surface area contributed by atoms with Gasteiger partial charge >= 0.3 is 0 Å². The molecule has 0 amide bonds. The minimum absolute atomic E-state index is 0.167. The second-order valence-corrected chi connectivity index (χ2v) is 6.53. The Balaban J connectivity index is 2.30. The highest BCUT2D eigenvalue weighted by molar-refractivity contribution is 8.27. The molecule has 0 radical (unpaired) electrons. The van der Waals surface area contributed by atoms with Crippen LogP contribution >= 0.6 is 11.8 Å². The van der Waals surface area contributed by atoms with E-state index in [1.54, 1.807) is 0 Å². The Morgan fingerprint density at radius 2 is 1.17 bits per heavy atom. The first kappa shape index (κ1) is 17.5. The molecule has 2 rings (SSSR count). The summed E-state index contributed by atoms with van der Waals surface area (Å²) in [6.45, 7) is 8.05. The second-order valence-electron chi connectivity index (χ2n) is 5.59. The Labute approximate surface area is 142 Å². The van der Waals surface area contributed by atoms with Gasteiger partial charge in [-0.3, -0.25) is 9.59 Å². The maximum atomic E-state index is 12.6. The third-order valence-electron chi connectivity index (χ3n) is 4.15. The summed E-state index contributed by atoms with van der Waals surface area (Å²) >= 11 is 0.804. The van der Waals surface area contributed by atoms with E-state index in [-0.39, 0.29) is 10.2 Å². The number of rotatable bonds is 4. The van der Waals surface area contributed by atoms with Crippen LogP contribution in [0.3, 0.4) is 0 Å². The van der Waals surface area contributed by atoms with Crippen molar-refractivity contribution in [2.24, 2.45) is 0 Å². The molecule has 3 heteroatoms.